The van der Waals surface area contributed by atoms with E-state index >= 15 is 0 Å². The zero-order valence-electron chi connectivity index (χ0n) is 19.7. The van der Waals surface area contributed by atoms with Gasteiger partial charge in [0.1, 0.15) is 24.0 Å². The fraction of sp³-hybridized carbons (Fsp3) is 0.417. The lowest BCUT2D eigenvalue weighted by atomic mass is 10.0. The number of carbonyl (C=O) groups is 2. The Bertz CT molecular complexity index is 1040. The maximum absolute atomic E-state index is 13.8. The van der Waals surface area contributed by atoms with Gasteiger partial charge < -0.3 is 30.3 Å². The van der Waals surface area contributed by atoms with Crippen LogP contribution in [0.4, 0.5) is 25.0 Å². The molecule has 0 fully saturated rings. The summed E-state index contributed by atoms with van der Waals surface area (Å²) in [5.74, 6) is -1.22. The normalized spacial score (nSPS) is 21.5. The molecule has 0 spiro atoms. The second-order valence-electron chi connectivity index (χ2n) is 8.47. The molecule has 0 saturated heterocycles. The monoisotopic (exact) mass is 476 g/mol. The Labute approximate surface area is 197 Å². The van der Waals surface area contributed by atoms with Gasteiger partial charge in [-0.1, -0.05) is 6.92 Å². The SMILES string of the molecule is CO[C@H]1CN(C)C(=O)c2ccc(NC(=O)Nc3cc(F)ccc3F)cc2OC[C@H](C)NC[C@@H]1C. The molecule has 0 radical (unpaired) electrons. The molecule has 34 heavy (non-hydrogen) atoms. The van der Waals surface area contributed by atoms with Gasteiger partial charge in [-0.15, -0.1) is 0 Å². The average molecular weight is 477 g/mol. The molecule has 8 nitrogen and oxygen atoms in total. The van der Waals surface area contributed by atoms with Crippen LogP contribution in [0.2, 0.25) is 0 Å². The first-order valence-electron chi connectivity index (χ1n) is 11.0. The lowest BCUT2D eigenvalue weighted by molar-refractivity contribution is 0.0281. The number of fused-ring (bicyclic) bond motifs is 1. The van der Waals surface area contributed by atoms with Gasteiger partial charge in [-0.3, -0.25) is 4.79 Å². The van der Waals surface area contributed by atoms with Crippen molar-refractivity contribution >= 4 is 23.3 Å². The van der Waals surface area contributed by atoms with Crippen LogP contribution in [-0.2, 0) is 4.74 Å². The highest BCUT2D eigenvalue weighted by atomic mass is 19.1. The molecule has 0 unspecified atom stereocenters. The first-order chi connectivity index (χ1) is 16.2. The standard InChI is InChI=1S/C24H30F2N4O4/c1-14-11-27-15(2)13-34-21-10-17(6-7-18(21)23(31)30(3)12-22(14)33-4)28-24(32)29-20-9-16(25)5-8-19(20)26/h5-10,14-15,22,27H,11-13H2,1-4H3,(H2,28,29,32)/t14-,15-,22-/m0/s1. The molecule has 3 N–H and O–H groups in total. The van der Waals surface area contributed by atoms with Gasteiger partial charge in [0.2, 0.25) is 0 Å². The lowest BCUT2D eigenvalue weighted by Crippen LogP contribution is -2.44. The number of hydrogen-bond acceptors (Lipinski definition) is 5. The van der Waals surface area contributed by atoms with Gasteiger partial charge in [0, 0.05) is 51.1 Å². The summed E-state index contributed by atoms with van der Waals surface area (Å²) in [5.41, 5.74) is 0.359. The number of ether oxygens (including phenoxy) is 2. The van der Waals surface area contributed by atoms with Crippen molar-refractivity contribution in [3.8, 4) is 5.75 Å². The van der Waals surface area contributed by atoms with Crippen molar-refractivity contribution in [2.24, 2.45) is 5.92 Å². The summed E-state index contributed by atoms with van der Waals surface area (Å²) >= 11 is 0. The summed E-state index contributed by atoms with van der Waals surface area (Å²) in [6.45, 7) is 5.41. The molecule has 3 rings (SSSR count). The molecule has 0 aliphatic carbocycles. The van der Waals surface area contributed by atoms with Crippen LogP contribution in [0.5, 0.6) is 5.75 Å². The summed E-state index contributed by atoms with van der Waals surface area (Å²) in [6.07, 6.45) is -0.148. The van der Waals surface area contributed by atoms with E-state index in [1.54, 1.807) is 31.2 Å². The topological polar surface area (TPSA) is 91.9 Å². The summed E-state index contributed by atoms with van der Waals surface area (Å²) in [5, 5.41) is 8.22. The van der Waals surface area contributed by atoms with Crippen molar-refractivity contribution in [1.29, 1.82) is 0 Å². The number of methoxy groups -OCH3 is 1. The smallest absolute Gasteiger partial charge is 0.323 e. The second kappa shape index (κ2) is 11.3. The predicted molar refractivity (Wildman–Crippen MR) is 125 cm³/mol. The van der Waals surface area contributed by atoms with Crippen molar-refractivity contribution < 1.29 is 27.8 Å². The molecule has 3 atom stereocenters. The van der Waals surface area contributed by atoms with Crippen molar-refractivity contribution in [3.63, 3.8) is 0 Å². The van der Waals surface area contributed by atoms with E-state index in [-0.39, 0.29) is 29.7 Å². The number of urea groups is 1. The number of hydrogen-bond donors (Lipinski definition) is 3. The van der Waals surface area contributed by atoms with Gasteiger partial charge >= 0.3 is 6.03 Å². The number of likely N-dealkylation sites (N-methyl/N-ethyl adjacent to an activating group) is 1. The zero-order chi connectivity index (χ0) is 24.8. The Morgan fingerprint density at radius 2 is 1.94 bits per heavy atom. The highest BCUT2D eigenvalue weighted by Crippen LogP contribution is 2.26. The largest absolute Gasteiger partial charge is 0.491 e. The molecule has 2 aromatic carbocycles. The Balaban J connectivity index is 1.82. The van der Waals surface area contributed by atoms with E-state index in [4.69, 9.17) is 9.47 Å². The van der Waals surface area contributed by atoms with Crippen LogP contribution in [-0.4, -0.2) is 62.8 Å². The Morgan fingerprint density at radius 3 is 2.68 bits per heavy atom. The number of benzene rings is 2. The minimum absolute atomic E-state index is 0.00377. The van der Waals surface area contributed by atoms with Crippen LogP contribution in [0, 0.1) is 17.6 Å². The van der Waals surface area contributed by atoms with Crippen molar-refractivity contribution in [2.45, 2.75) is 26.0 Å². The van der Waals surface area contributed by atoms with E-state index in [1.165, 1.54) is 6.07 Å². The number of rotatable bonds is 3. The Kier molecular flexibility index (Phi) is 8.41. The predicted octanol–water partition coefficient (Wildman–Crippen LogP) is 3.70. The fourth-order valence-electron chi connectivity index (χ4n) is 3.61. The van der Waals surface area contributed by atoms with Crippen molar-refractivity contribution in [3.05, 3.63) is 53.6 Å². The molecule has 1 aliphatic rings. The van der Waals surface area contributed by atoms with Crippen LogP contribution in [0.25, 0.3) is 0 Å². The molecule has 2 aromatic rings. The molecule has 0 saturated carbocycles. The molecule has 0 bridgehead atoms. The number of nitrogens with zero attached hydrogens (tertiary/aromatic N) is 1. The van der Waals surface area contributed by atoms with Gasteiger partial charge in [0.05, 0.1) is 17.4 Å². The Morgan fingerprint density at radius 1 is 1.18 bits per heavy atom. The van der Waals surface area contributed by atoms with Crippen LogP contribution >= 0.6 is 0 Å². The third-order valence-corrected chi connectivity index (χ3v) is 5.66. The van der Waals surface area contributed by atoms with E-state index in [0.717, 1.165) is 18.2 Å². The second-order valence-corrected chi connectivity index (χ2v) is 8.47. The van der Waals surface area contributed by atoms with Crippen LogP contribution in [0.1, 0.15) is 24.2 Å². The lowest BCUT2D eigenvalue weighted by Gasteiger charge is -2.30. The summed E-state index contributed by atoms with van der Waals surface area (Å²) in [6, 6.07) is 6.61. The third kappa shape index (κ3) is 6.42. The maximum atomic E-state index is 13.8. The molecule has 0 aromatic heterocycles. The van der Waals surface area contributed by atoms with Gasteiger partial charge in [-0.05, 0) is 37.1 Å². The molecular formula is C24H30F2N4O4. The summed E-state index contributed by atoms with van der Waals surface area (Å²) in [7, 11) is 3.32. The van der Waals surface area contributed by atoms with E-state index in [2.05, 4.69) is 22.9 Å². The van der Waals surface area contributed by atoms with E-state index < -0.39 is 17.7 Å². The van der Waals surface area contributed by atoms with Crippen molar-refractivity contribution in [1.82, 2.24) is 10.2 Å². The molecular weight excluding hydrogens is 446 g/mol. The number of carbonyl (C=O) groups excluding carboxylic acids is 2. The minimum atomic E-state index is -0.770. The van der Waals surface area contributed by atoms with Gasteiger partial charge in [-0.2, -0.15) is 0 Å². The quantitative estimate of drug-likeness (QED) is 0.628. The van der Waals surface area contributed by atoms with Crippen LogP contribution in [0.3, 0.4) is 0 Å². The highest BCUT2D eigenvalue weighted by Gasteiger charge is 2.25. The van der Waals surface area contributed by atoms with Crippen molar-refractivity contribution in [2.75, 3.05) is 44.5 Å². The number of nitrogens with one attached hydrogen (secondary N) is 3. The first kappa shape index (κ1) is 25.4. The molecule has 10 heteroatoms. The molecule has 1 heterocycles. The number of anilines is 2. The van der Waals surface area contributed by atoms with E-state index in [0.29, 0.717) is 36.7 Å². The van der Waals surface area contributed by atoms with Crippen LogP contribution < -0.4 is 20.7 Å². The van der Waals surface area contributed by atoms with E-state index in [9.17, 15) is 18.4 Å². The molecule has 3 amide bonds. The van der Waals surface area contributed by atoms with Gasteiger partial charge in [0.15, 0.2) is 0 Å². The highest BCUT2D eigenvalue weighted by molar-refractivity contribution is 6.01. The summed E-state index contributed by atoms with van der Waals surface area (Å²) in [4.78, 5) is 27.1. The van der Waals surface area contributed by atoms with E-state index in [1.807, 2.05) is 6.92 Å². The third-order valence-electron chi connectivity index (χ3n) is 5.66. The number of amides is 3. The fourth-order valence-corrected chi connectivity index (χ4v) is 3.61. The van der Waals surface area contributed by atoms with Crippen LogP contribution in [0.15, 0.2) is 36.4 Å². The maximum Gasteiger partial charge on any atom is 0.323 e. The molecule has 184 valence electrons. The first-order valence-corrected chi connectivity index (χ1v) is 11.0. The zero-order valence-corrected chi connectivity index (χ0v) is 19.7. The molecule has 1 aliphatic heterocycles. The number of halogens is 2. The summed E-state index contributed by atoms with van der Waals surface area (Å²) < 4.78 is 38.7. The Hall–Kier alpha value is -3.24. The van der Waals surface area contributed by atoms with Gasteiger partial charge in [-0.25, -0.2) is 13.6 Å². The minimum Gasteiger partial charge on any atom is -0.491 e. The average Bonchev–Trinajstić information content (AvgIpc) is 2.80. The van der Waals surface area contributed by atoms with Gasteiger partial charge in [0.25, 0.3) is 5.91 Å².